The number of ether oxygens (including phenoxy) is 3. The van der Waals surface area contributed by atoms with Crippen LogP contribution in [0.25, 0.3) is 0 Å². The summed E-state index contributed by atoms with van der Waals surface area (Å²) in [5.41, 5.74) is 4.56. The first-order valence-corrected chi connectivity index (χ1v) is 9.34. The van der Waals surface area contributed by atoms with Crippen LogP contribution in [0, 0.1) is 0 Å². The van der Waals surface area contributed by atoms with Crippen LogP contribution >= 0.6 is 0 Å². The number of nitrogens with two attached hydrogens (primary N) is 1. The average molecular weight is 376 g/mol. The summed E-state index contributed by atoms with van der Waals surface area (Å²) in [7, 11) is 0. The molecule has 26 heavy (non-hydrogen) atoms. The average Bonchev–Trinajstić information content (AvgIpc) is 2.53. The summed E-state index contributed by atoms with van der Waals surface area (Å²) < 4.78 is 16.8. The Morgan fingerprint density at radius 2 is 1.81 bits per heavy atom. The van der Waals surface area contributed by atoms with Crippen molar-refractivity contribution in [2.24, 2.45) is 5.73 Å². The molecule has 1 fully saturated rings. The molecular formula is C18H37N3O5. The number of alkyl carbamates (subject to hydrolysis) is 1. The van der Waals surface area contributed by atoms with Crippen molar-refractivity contribution >= 4 is 6.09 Å². The molecule has 0 saturated carbocycles. The topological polar surface area (TPSA) is 106 Å². The van der Waals surface area contributed by atoms with Crippen molar-refractivity contribution in [3.05, 3.63) is 0 Å². The molecule has 1 heterocycles. The minimum Gasteiger partial charge on any atom is -0.444 e. The molecule has 0 bridgehead atoms. The molecule has 0 unspecified atom stereocenters. The van der Waals surface area contributed by atoms with Gasteiger partial charge < -0.3 is 30.4 Å². The lowest BCUT2D eigenvalue weighted by atomic mass is 9.97. The van der Waals surface area contributed by atoms with E-state index in [9.17, 15) is 9.90 Å². The van der Waals surface area contributed by atoms with Crippen molar-refractivity contribution in [2.75, 3.05) is 46.0 Å². The molecule has 0 aromatic heterocycles. The summed E-state index contributed by atoms with van der Waals surface area (Å²) in [6, 6.07) is 0. The van der Waals surface area contributed by atoms with Crippen LogP contribution in [0.3, 0.4) is 0 Å². The van der Waals surface area contributed by atoms with E-state index >= 15 is 0 Å². The number of nitrogens with one attached hydrogen (secondary N) is 1. The molecule has 8 heteroatoms. The van der Waals surface area contributed by atoms with Gasteiger partial charge in [-0.15, -0.1) is 0 Å². The summed E-state index contributed by atoms with van der Waals surface area (Å²) in [5.74, 6) is -0.642. The van der Waals surface area contributed by atoms with E-state index in [2.05, 4.69) is 10.2 Å². The lowest BCUT2D eigenvalue weighted by Gasteiger charge is -2.48. The van der Waals surface area contributed by atoms with E-state index in [0.29, 0.717) is 32.8 Å². The first-order chi connectivity index (χ1) is 12.0. The molecule has 0 aliphatic carbocycles. The number of rotatable bonds is 9. The third-order valence-corrected chi connectivity index (χ3v) is 4.25. The predicted molar refractivity (Wildman–Crippen MR) is 99.9 cm³/mol. The molecule has 154 valence electrons. The fraction of sp³-hybridized carbons (Fsp3) is 0.944. The number of carbonyl (C=O) groups excluding carboxylic acids is 1. The van der Waals surface area contributed by atoms with Crippen molar-refractivity contribution in [3.8, 4) is 0 Å². The minimum absolute atomic E-state index is 0.0624. The van der Waals surface area contributed by atoms with Crippen molar-refractivity contribution in [1.29, 1.82) is 0 Å². The molecular weight excluding hydrogens is 338 g/mol. The van der Waals surface area contributed by atoms with Gasteiger partial charge in [-0.25, -0.2) is 4.79 Å². The van der Waals surface area contributed by atoms with E-state index in [1.54, 1.807) is 0 Å². The summed E-state index contributed by atoms with van der Waals surface area (Å²) in [6.45, 7) is 12.4. The number of carbonyl (C=O) groups is 1. The molecule has 1 aliphatic heterocycles. The largest absolute Gasteiger partial charge is 0.444 e. The Labute approximate surface area is 157 Å². The van der Waals surface area contributed by atoms with E-state index in [1.807, 2.05) is 34.6 Å². The van der Waals surface area contributed by atoms with Crippen molar-refractivity contribution in [3.63, 3.8) is 0 Å². The summed E-state index contributed by atoms with van der Waals surface area (Å²) in [5, 5.41) is 12.8. The SMILES string of the molecule is CC(C)(C)OC(=O)NCCCN(CCCN)C1(CO)COC(C)(C)OC1. The fourth-order valence-corrected chi connectivity index (χ4v) is 2.72. The van der Waals surface area contributed by atoms with Gasteiger partial charge in [0.25, 0.3) is 0 Å². The van der Waals surface area contributed by atoms with Gasteiger partial charge in [0.15, 0.2) is 5.79 Å². The fourth-order valence-electron chi connectivity index (χ4n) is 2.72. The quantitative estimate of drug-likeness (QED) is 0.518. The third-order valence-electron chi connectivity index (χ3n) is 4.25. The van der Waals surface area contributed by atoms with Crippen LogP contribution in [-0.4, -0.2) is 79.0 Å². The molecule has 1 amide bonds. The van der Waals surface area contributed by atoms with Gasteiger partial charge in [-0.3, -0.25) is 4.90 Å². The Hall–Kier alpha value is -0.930. The Bertz CT molecular complexity index is 427. The van der Waals surface area contributed by atoms with Crippen LogP contribution in [0.2, 0.25) is 0 Å². The Morgan fingerprint density at radius 3 is 2.31 bits per heavy atom. The highest BCUT2D eigenvalue weighted by Gasteiger charge is 2.43. The van der Waals surface area contributed by atoms with Gasteiger partial charge in [-0.1, -0.05) is 0 Å². The van der Waals surface area contributed by atoms with Gasteiger partial charge in [0, 0.05) is 19.6 Å². The molecule has 0 spiro atoms. The molecule has 1 saturated heterocycles. The van der Waals surface area contributed by atoms with Gasteiger partial charge in [0.1, 0.15) is 5.60 Å². The number of aliphatic hydroxyl groups excluding tert-OH is 1. The van der Waals surface area contributed by atoms with E-state index in [1.165, 1.54) is 0 Å². The van der Waals surface area contributed by atoms with Crippen LogP contribution in [0.4, 0.5) is 4.79 Å². The molecule has 0 aromatic rings. The van der Waals surface area contributed by atoms with Crippen molar-refractivity contribution in [2.45, 2.75) is 64.4 Å². The van der Waals surface area contributed by atoms with E-state index in [0.717, 1.165) is 19.4 Å². The van der Waals surface area contributed by atoms with Gasteiger partial charge in [0.05, 0.1) is 25.4 Å². The standard InChI is InChI=1S/C18H37N3O5/c1-16(2,3)26-15(23)20-9-7-11-21(10-6-8-19)18(12-22)13-24-17(4,5)25-14-18/h22H,6-14,19H2,1-5H3,(H,20,23). The second kappa shape index (κ2) is 9.85. The van der Waals surface area contributed by atoms with Gasteiger partial charge >= 0.3 is 6.09 Å². The van der Waals surface area contributed by atoms with Gasteiger partial charge in [-0.2, -0.15) is 0 Å². The summed E-state index contributed by atoms with van der Waals surface area (Å²) in [6.07, 6.45) is 1.11. The van der Waals surface area contributed by atoms with E-state index < -0.39 is 23.0 Å². The number of hydrogen-bond acceptors (Lipinski definition) is 7. The van der Waals surface area contributed by atoms with Crippen LogP contribution in [0.15, 0.2) is 0 Å². The zero-order valence-corrected chi connectivity index (χ0v) is 17.0. The van der Waals surface area contributed by atoms with Gasteiger partial charge in [0.2, 0.25) is 0 Å². The maximum absolute atomic E-state index is 11.7. The monoisotopic (exact) mass is 375 g/mol. The summed E-state index contributed by atoms with van der Waals surface area (Å²) in [4.78, 5) is 13.9. The zero-order valence-electron chi connectivity index (χ0n) is 17.0. The predicted octanol–water partition coefficient (Wildman–Crippen LogP) is 1.07. The third kappa shape index (κ3) is 7.75. The number of nitrogens with zero attached hydrogens (tertiary/aromatic N) is 1. The van der Waals surface area contributed by atoms with E-state index in [-0.39, 0.29) is 6.61 Å². The second-order valence-corrected chi connectivity index (χ2v) is 8.27. The Balaban J connectivity index is 2.56. The minimum atomic E-state index is -0.642. The maximum atomic E-state index is 11.7. The number of amides is 1. The maximum Gasteiger partial charge on any atom is 0.407 e. The molecule has 0 radical (unpaired) electrons. The van der Waals surface area contributed by atoms with Crippen LogP contribution < -0.4 is 11.1 Å². The first-order valence-electron chi connectivity index (χ1n) is 9.34. The van der Waals surface area contributed by atoms with Crippen molar-refractivity contribution < 1.29 is 24.1 Å². The highest BCUT2D eigenvalue weighted by Crippen LogP contribution is 2.28. The lowest BCUT2D eigenvalue weighted by Crippen LogP contribution is -2.63. The molecule has 0 aromatic carbocycles. The normalized spacial score (nSPS) is 19.4. The van der Waals surface area contributed by atoms with Gasteiger partial charge in [-0.05, 0) is 54.0 Å². The molecule has 4 N–H and O–H groups in total. The van der Waals surface area contributed by atoms with Crippen LogP contribution in [-0.2, 0) is 14.2 Å². The number of aliphatic hydroxyl groups is 1. The highest BCUT2D eigenvalue weighted by molar-refractivity contribution is 5.67. The van der Waals surface area contributed by atoms with Crippen molar-refractivity contribution in [1.82, 2.24) is 10.2 Å². The lowest BCUT2D eigenvalue weighted by molar-refractivity contribution is -0.292. The smallest absolute Gasteiger partial charge is 0.407 e. The molecule has 1 aliphatic rings. The van der Waals surface area contributed by atoms with E-state index in [4.69, 9.17) is 19.9 Å². The molecule has 1 rings (SSSR count). The Morgan fingerprint density at radius 1 is 1.23 bits per heavy atom. The molecule has 8 nitrogen and oxygen atoms in total. The Kier molecular flexibility index (Phi) is 8.75. The van der Waals surface area contributed by atoms with Crippen LogP contribution in [0.5, 0.6) is 0 Å². The summed E-state index contributed by atoms with van der Waals surface area (Å²) >= 11 is 0. The highest BCUT2D eigenvalue weighted by atomic mass is 16.7. The zero-order chi connectivity index (χ0) is 19.8. The second-order valence-electron chi connectivity index (χ2n) is 8.27. The molecule has 0 atom stereocenters. The van der Waals surface area contributed by atoms with Crippen LogP contribution in [0.1, 0.15) is 47.5 Å². The first kappa shape index (κ1) is 23.1. The number of hydrogen-bond donors (Lipinski definition) is 3.